The van der Waals surface area contributed by atoms with E-state index < -0.39 is 0 Å². The van der Waals surface area contributed by atoms with Crippen molar-refractivity contribution in [2.45, 2.75) is 6.92 Å². The predicted octanol–water partition coefficient (Wildman–Crippen LogP) is 5.06. The number of aromatic nitrogens is 3. The van der Waals surface area contributed by atoms with E-state index >= 15 is 0 Å². The molecule has 8 heteroatoms. The molecule has 0 fully saturated rings. The molecule has 128 valence electrons. The van der Waals surface area contributed by atoms with Gasteiger partial charge in [0.25, 0.3) is 0 Å². The van der Waals surface area contributed by atoms with Crippen LogP contribution in [0.2, 0.25) is 10.0 Å². The Kier molecular flexibility index (Phi) is 5.53. The molecule has 0 saturated carbocycles. The Balaban J connectivity index is 1.74. The minimum absolute atomic E-state index is 0.306. The quantitative estimate of drug-likeness (QED) is 0.626. The lowest BCUT2D eigenvalue weighted by Crippen LogP contribution is -2.02. The monoisotopic (exact) mass is 375 g/mol. The molecular weight excluding hydrogens is 361 g/mol. The van der Waals surface area contributed by atoms with Crippen molar-refractivity contribution in [3.8, 4) is 5.75 Å². The molecule has 0 saturated heterocycles. The van der Waals surface area contributed by atoms with E-state index in [1.54, 1.807) is 18.2 Å². The van der Waals surface area contributed by atoms with Crippen molar-refractivity contribution in [3.05, 3.63) is 58.7 Å². The van der Waals surface area contributed by atoms with Gasteiger partial charge in [-0.2, -0.15) is 10.1 Å². The van der Waals surface area contributed by atoms with Gasteiger partial charge in [-0.1, -0.05) is 29.3 Å². The average Bonchev–Trinajstić information content (AvgIpc) is 2.61. The fourth-order valence-electron chi connectivity index (χ4n) is 2.09. The van der Waals surface area contributed by atoms with Gasteiger partial charge in [-0.05, 0) is 43.3 Å². The summed E-state index contributed by atoms with van der Waals surface area (Å²) in [5.41, 5.74) is 1.46. The first-order chi connectivity index (χ1) is 12.2. The molecule has 6 nitrogen and oxygen atoms in total. The van der Waals surface area contributed by atoms with Gasteiger partial charge in [0.1, 0.15) is 5.75 Å². The van der Waals surface area contributed by atoms with E-state index in [9.17, 15) is 0 Å². The number of benzene rings is 2. The molecule has 0 radical (unpaired) electrons. The highest BCUT2D eigenvalue weighted by Gasteiger charge is 2.07. The maximum absolute atomic E-state index is 6.16. The third kappa shape index (κ3) is 4.49. The second kappa shape index (κ2) is 8.00. The van der Waals surface area contributed by atoms with Crippen LogP contribution in [-0.4, -0.2) is 21.8 Å². The molecule has 0 bridgehead atoms. The van der Waals surface area contributed by atoms with Crippen molar-refractivity contribution in [3.63, 3.8) is 0 Å². The predicted molar refractivity (Wildman–Crippen MR) is 100 cm³/mol. The van der Waals surface area contributed by atoms with E-state index in [0.717, 1.165) is 11.4 Å². The molecule has 0 unspecified atom stereocenters. The van der Waals surface area contributed by atoms with Gasteiger partial charge >= 0.3 is 0 Å². The summed E-state index contributed by atoms with van der Waals surface area (Å²) in [6.45, 7) is 2.57. The first-order valence-electron chi connectivity index (χ1n) is 7.56. The smallest absolute Gasteiger partial charge is 0.249 e. The van der Waals surface area contributed by atoms with Gasteiger partial charge in [0.2, 0.25) is 5.95 Å². The molecule has 0 aliphatic heterocycles. The van der Waals surface area contributed by atoms with Gasteiger partial charge in [-0.25, -0.2) is 0 Å². The topological polar surface area (TPSA) is 72.0 Å². The highest BCUT2D eigenvalue weighted by Crippen LogP contribution is 2.31. The maximum Gasteiger partial charge on any atom is 0.249 e. The van der Waals surface area contributed by atoms with E-state index in [0.29, 0.717) is 34.1 Å². The summed E-state index contributed by atoms with van der Waals surface area (Å²) in [7, 11) is 0. The van der Waals surface area contributed by atoms with Crippen LogP contribution in [0.4, 0.5) is 23.1 Å². The Morgan fingerprint density at radius 1 is 1.04 bits per heavy atom. The average molecular weight is 376 g/mol. The van der Waals surface area contributed by atoms with E-state index in [4.69, 9.17) is 27.9 Å². The van der Waals surface area contributed by atoms with Gasteiger partial charge in [-0.15, -0.1) is 5.10 Å². The van der Waals surface area contributed by atoms with Gasteiger partial charge in [0.05, 0.1) is 28.5 Å². The number of nitrogens with zero attached hydrogens (tertiary/aromatic N) is 3. The molecule has 3 aromatic rings. The minimum Gasteiger partial charge on any atom is -0.494 e. The Labute approximate surface area is 155 Å². The van der Waals surface area contributed by atoms with Crippen LogP contribution in [0.15, 0.2) is 48.7 Å². The van der Waals surface area contributed by atoms with E-state index in [1.165, 1.54) is 6.20 Å². The number of hydrogen-bond donors (Lipinski definition) is 2. The Morgan fingerprint density at radius 2 is 1.84 bits per heavy atom. The lowest BCUT2D eigenvalue weighted by atomic mass is 10.3. The van der Waals surface area contributed by atoms with E-state index in [-0.39, 0.29) is 0 Å². The summed E-state index contributed by atoms with van der Waals surface area (Å²) in [6, 6.07) is 12.8. The largest absolute Gasteiger partial charge is 0.494 e. The molecular formula is C17H15Cl2N5O. The lowest BCUT2D eigenvalue weighted by Gasteiger charge is -2.10. The van der Waals surface area contributed by atoms with Crippen LogP contribution < -0.4 is 15.4 Å². The first kappa shape index (κ1) is 17.3. The molecule has 0 amide bonds. The highest BCUT2D eigenvalue weighted by molar-refractivity contribution is 6.43. The Hall–Kier alpha value is -2.57. The molecule has 0 aliphatic rings. The Bertz CT molecular complexity index is 858. The molecule has 1 aromatic heterocycles. The zero-order valence-electron chi connectivity index (χ0n) is 13.3. The molecule has 1 heterocycles. The number of halogens is 2. The van der Waals surface area contributed by atoms with Crippen molar-refractivity contribution in [2.75, 3.05) is 17.2 Å². The second-order valence-electron chi connectivity index (χ2n) is 4.97. The summed E-state index contributed by atoms with van der Waals surface area (Å²) in [5, 5.41) is 14.9. The van der Waals surface area contributed by atoms with Crippen LogP contribution in [-0.2, 0) is 0 Å². The van der Waals surface area contributed by atoms with Crippen LogP contribution in [0.25, 0.3) is 0 Å². The number of nitrogens with one attached hydrogen (secondary N) is 2. The third-order valence-electron chi connectivity index (χ3n) is 3.19. The number of hydrogen-bond acceptors (Lipinski definition) is 6. The second-order valence-corrected chi connectivity index (χ2v) is 5.76. The molecule has 3 rings (SSSR count). The number of anilines is 4. The van der Waals surface area contributed by atoms with Crippen LogP contribution in [0.1, 0.15) is 6.92 Å². The van der Waals surface area contributed by atoms with E-state index in [2.05, 4.69) is 25.8 Å². The summed E-state index contributed by atoms with van der Waals surface area (Å²) >= 11 is 12.2. The third-order valence-corrected chi connectivity index (χ3v) is 4.01. The fourth-order valence-corrected chi connectivity index (χ4v) is 2.43. The van der Waals surface area contributed by atoms with Crippen LogP contribution in [0.5, 0.6) is 5.75 Å². The van der Waals surface area contributed by atoms with Gasteiger partial charge in [-0.3, -0.25) is 0 Å². The normalized spacial score (nSPS) is 10.4. The van der Waals surface area contributed by atoms with Crippen LogP contribution in [0, 0.1) is 0 Å². The minimum atomic E-state index is 0.306. The number of ether oxygens (including phenoxy) is 1. The molecule has 0 atom stereocenters. The maximum atomic E-state index is 6.16. The van der Waals surface area contributed by atoms with Crippen LogP contribution in [0.3, 0.4) is 0 Å². The van der Waals surface area contributed by atoms with Crippen molar-refractivity contribution in [1.29, 1.82) is 0 Å². The van der Waals surface area contributed by atoms with Gasteiger partial charge < -0.3 is 15.4 Å². The zero-order valence-corrected chi connectivity index (χ0v) is 14.8. The molecule has 0 aliphatic carbocycles. The van der Waals surface area contributed by atoms with Gasteiger partial charge in [0.15, 0.2) is 5.82 Å². The standard InChI is InChI=1S/C17H15Cl2N5O/c1-2-25-12-8-6-11(7-9-12)21-15-10-20-24-17(23-15)22-14-5-3-4-13(18)16(14)19/h3-10H,2H2,1H3,(H2,21,22,23,24). The molecule has 2 N–H and O–H groups in total. The summed E-state index contributed by atoms with van der Waals surface area (Å²) in [4.78, 5) is 4.36. The van der Waals surface area contributed by atoms with Crippen molar-refractivity contribution in [1.82, 2.24) is 15.2 Å². The molecule has 0 spiro atoms. The summed E-state index contributed by atoms with van der Waals surface area (Å²) in [6.07, 6.45) is 1.53. The number of rotatable bonds is 6. The zero-order chi connectivity index (χ0) is 17.6. The Morgan fingerprint density at radius 3 is 2.60 bits per heavy atom. The van der Waals surface area contributed by atoms with Gasteiger partial charge in [0, 0.05) is 5.69 Å². The first-order valence-corrected chi connectivity index (χ1v) is 8.32. The SMILES string of the molecule is CCOc1ccc(Nc2cnnc(Nc3cccc(Cl)c3Cl)n2)cc1. The van der Waals surface area contributed by atoms with E-state index in [1.807, 2.05) is 31.2 Å². The van der Waals surface area contributed by atoms with Crippen molar-refractivity contribution in [2.24, 2.45) is 0 Å². The lowest BCUT2D eigenvalue weighted by molar-refractivity contribution is 0.340. The van der Waals surface area contributed by atoms with Crippen LogP contribution >= 0.6 is 23.2 Å². The highest BCUT2D eigenvalue weighted by atomic mass is 35.5. The fraction of sp³-hybridized carbons (Fsp3) is 0.118. The van der Waals surface area contributed by atoms with Crippen molar-refractivity contribution < 1.29 is 4.74 Å². The molecule has 2 aromatic carbocycles. The summed E-state index contributed by atoms with van der Waals surface area (Å²) < 4.78 is 5.42. The van der Waals surface area contributed by atoms with Crippen molar-refractivity contribution >= 4 is 46.3 Å². The molecule has 25 heavy (non-hydrogen) atoms. The summed E-state index contributed by atoms with van der Waals surface area (Å²) in [5.74, 6) is 1.66.